The van der Waals surface area contributed by atoms with E-state index < -0.39 is 22.3 Å². The summed E-state index contributed by atoms with van der Waals surface area (Å²) < 4.78 is 13.3. The van der Waals surface area contributed by atoms with E-state index in [1.807, 2.05) is 13.8 Å². The highest BCUT2D eigenvalue weighted by atomic mass is 79.9. The molecule has 7 heteroatoms. The van der Waals surface area contributed by atoms with Crippen LogP contribution in [0.5, 0.6) is 0 Å². The van der Waals surface area contributed by atoms with Gasteiger partial charge in [0.25, 0.3) is 11.6 Å². The maximum Gasteiger partial charge on any atom is 0.273 e. The summed E-state index contributed by atoms with van der Waals surface area (Å²) >= 11 is 3.31. The molecule has 0 radical (unpaired) electrons. The average Bonchev–Trinajstić information content (AvgIpc) is 2.37. The minimum absolute atomic E-state index is 0.0445. The van der Waals surface area contributed by atoms with E-state index in [4.69, 9.17) is 0 Å². The molecule has 0 aromatic heterocycles. The maximum absolute atomic E-state index is 13.3. The summed E-state index contributed by atoms with van der Waals surface area (Å²) in [6, 6.07) is 2.77. The lowest BCUT2D eigenvalue weighted by molar-refractivity contribution is -0.385. The monoisotopic (exact) mass is 346 g/mol. The fourth-order valence-corrected chi connectivity index (χ4v) is 2.25. The van der Waals surface area contributed by atoms with Crippen molar-refractivity contribution in [2.24, 2.45) is 5.92 Å². The Morgan fingerprint density at radius 3 is 2.60 bits per heavy atom. The Morgan fingerprint density at radius 2 is 2.10 bits per heavy atom. The van der Waals surface area contributed by atoms with Gasteiger partial charge >= 0.3 is 0 Å². The molecule has 1 unspecified atom stereocenters. The molecule has 0 aliphatic heterocycles. The van der Waals surface area contributed by atoms with Crippen molar-refractivity contribution in [2.75, 3.05) is 5.33 Å². The predicted octanol–water partition coefficient (Wildman–Crippen LogP) is 3.27. The highest BCUT2D eigenvalue weighted by Crippen LogP contribution is 2.17. The molecule has 0 aliphatic carbocycles. The van der Waals surface area contributed by atoms with Crippen molar-refractivity contribution in [1.29, 1.82) is 0 Å². The van der Waals surface area contributed by atoms with Gasteiger partial charge in [-0.2, -0.15) is 0 Å². The Bertz CT molecular complexity index is 508. The fourth-order valence-electron chi connectivity index (χ4n) is 1.75. The molecule has 0 heterocycles. The molecule has 0 saturated heterocycles. The van der Waals surface area contributed by atoms with Gasteiger partial charge in [-0.05, 0) is 18.4 Å². The lowest BCUT2D eigenvalue weighted by atomic mass is 10.0. The molecule has 1 aromatic carbocycles. The second kappa shape index (κ2) is 7.33. The van der Waals surface area contributed by atoms with Crippen LogP contribution in [0.4, 0.5) is 10.1 Å². The number of nitro groups is 1. The molecule has 110 valence electrons. The normalized spacial score (nSPS) is 12.2. The van der Waals surface area contributed by atoms with E-state index >= 15 is 0 Å². The minimum atomic E-state index is -0.800. The highest BCUT2D eigenvalue weighted by Gasteiger charge is 2.19. The lowest BCUT2D eigenvalue weighted by Gasteiger charge is -2.21. The molecule has 1 N–H and O–H groups in total. The number of benzene rings is 1. The number of nitro benzene ring substituents is 1. The predicted molar refractivity (Wildman–Crippen MR) is 77.6 cm³/mol. The number of rotatable bonds is 6. The van der Waals surface area contributed by atoms with E-state index in [0.29, 0.717) is 0 Å². The third-order valence-corrected chi connectivity index (χ3v) is 3.35. The molecule has 0 bridgehead atoms. The van der Waals surface area contributed by atoms with Gasteiger partial charge in [-0.3, -0.25) is 14.9 Å². The molecule has 0 aliphatic rings. The van der Waals surface area contributed by atoms with Crippen LogP contribution in [-0.2, 0) is 0 Å². The second-order valence-electron chi connectivity index (χ2n) is 4.76. The summed E-state index contributed by atoms with van der Waals surface area (Å²) in [5.41, 5.74) is -0.478. The standard InChI is InChI=1S/C13H16BrFN2O3/c1-8(2)12(3-4-14)16-13(18)9-5-10(15)7-11(6-9)17(19)20/h5-8,12H,3-4H2,1-2H3,(H,16,18). The van der Waals surface area contributed by atoms with Crippen LogP contribution in [0.15, 0.2) is 18.2 Å². The van der Waals surface area contributed by atoms with Crippen molar-refractivity contribution < 1.29 is 14.1 Å². The Hall–Kier alpha value is -1.50. The summed E-state index contributed by atoms with van der Waals surface area (Å²) in [6.07, 6.45) is 0.723. The summed E-state index contributed by atoms with van der Waals surface area (Å²) in [6.45, 7) is 3.92. The molecular weight excluding hydrogens is 331 g/mol. The molecule has 0 spiro atoms. The van der Waals surface area contributed by atoms with Gasteiger partial charge in [0.05, 0.1) is 11.0 Å². The first-order valence-electron chi connectivity index (χ1n) is 6.17. The summed E-state index contributed by atoms with van der Waals surface area (Å²) in [7, 11) is 0. The van der Waals surface area contributed by atoms with E-state index in [9.17, 15) is 19.3 Å². The Kier molecular flexibility index (Phi) is 6.06. The van der Waals surface area contributed by atoms with Gasteiger partial charge in [-0.25, -0.2) is 4.39 Å². The Labute approximate surface area is 124 Å². The number of alkyl halides is 1. The molecule has 1 rings (SSSR count). The Balaban J connectivity index is 2.94. The number of carbonyl (C=O) groups is 1. The van der Waals surface area contributed by atoms with Crippen molar-refractivity contribution in [1.82, 2.24) is 5.32 Å². The van der Waals surface area contributed by atoms with Crippen LogP contribution in [-0.4, -0.2) is 22.2 Å². The molecule has 0 saturated carbocycles. The zero-order valence-electron chi connectivity index (χ0n) is 11.2. The molecular formula is C13H16BrFN2O3. The molecule has 1 aromatic rings. The van der Waals surface area contributed by atoms with Crippen LogP contribution in [0.1, 0.15) is 30.6 Å². The van der Waals surface area contributed by atoms with Crippen LogP contribution in [0.3, 0.4) is 0 Å². The fraction of sp³-hybridized carbons (Fsp3) is 0.462. The number of hydrogen-bond acceptors (Lipinski definition) is 3. The van der Waals surface area contributed by atoms with Gasteiger partial charge in [0.2, 0.25) is 0 Å². The minimum Gasteiger partial charge on any atom is -0.349 e. The SMILES string of the molecule is CC(C)C(CCBr)NC(=O)c1cc(F)cc([N+](=O)[O-])c1. The van der Waals surface area contributed by atoms with Crippen LogP contribution in [0.25, 0.3) is 0 Å². The van der Waals surface area contributed by atoms with Crippen LogP contribution in [0, 0.1) is 21.8 Å². The molecule has 5 nitrogen and oxygen atoms in total. The van der Waals surface area contributed by atoms with Crippen LogP contribution in [0.2, 0.25) is 0 Å². The van der Waals surface area contributed by atoms with Crippen molar-refractivity contribution in [2.45, 2.75) is 26.3 Å². The quantitative estimate of drug-likeness (QED) is 0.488. The highest BCUT2D eigenvalue weighted by molar-refractivity contribution is 9.09. The van der Waals surface area contributed by atoms with Crippen molar-refractivity contribution >= 4 is 27.5 Å². The topological polar surface area (TPSA) is 72.2 Å². The summed E-state index contributed by atoms with van der Waals surface area (Å²) in [5, 5.41) is 14.2. The third kappa shape index (κ3) is 4.56. The number of non-ortho nitro benzene ring substituents is 1. The van der Waals surface area contributed by atoms with Crippen molar-refractivity contribution in [3.63, 3.8) is 0 Å². The number of nitrogens with zero attached hydrogens (tertiary/aromatic N) is 1. The number of halogens is 2. The van der Waals surface area contributed by atoms with Gasteiger partial charge in [0, 0.05) is 23.0 Å². The molecule has 0 fully saturated rings. The van der Waals surface area contributed by atoms with Gasteiger partial charge in [0.1, 0.15) is 5.82 Å². The number of nitrogens with one attached hydrogen (secondary N) is 1. The van der Waals surface area contributed by atoms with E-state index in [1.54, 1.807) is 0 Å². The van der Waals surface area contributed by atoms with Crippen LogP contribution >= 0.6 is 15.9 Å². The first-order valence-corrected chi connectivity index (χ1v) is 7.29. The number of amides is 1. The lowest BCUT2D eigenvalue weighted by Crippen LogP contribution is -2.38. The van der Waals surface area contributed by atoms with E-state index in [2.05, 4.69) is 21.2 Å². The van der Waals surface area contributed by atoms with Gasteiger partial charge in [0.15, 0.2) is 0 Å². The number of carbonyl (C=O) groups excluding carboxylic acids is 1. The van der Waals surface area contributed by atoms with Gasteiger partial charge in [-0.15, -0.1) is 0 Å². The van der Waals surface area contributed by atoms with Gasteiger partial charge < -0.3 is 5.32 Å². The first kappa shape index (κ1) is 16.6. The van der Waals surface area contributed by atoms with E-state index in [-0.39, 0.29) is 17.5 Å². The smallest absolute Gasteiger partial charge is 0.273 e. The van der Waals surface area contributed by atoms with Gasteiger partial charge in [-0.1, -0.05) is 29.8 Å². The zero-order valence-corrected chi connectivity index (χ0v) is 12.8. The summed E-state index contributed by atoms with van der Waals surface area (Å²) in [5.74, 6) is -1.10. The zero-order chi connectivity index (χ0) is 15.3. The van der Waals surface area contributed by atoms with Crippen LogP contribution < -0.4 is 5.32 Å². The van der Waals surface area contributed by atoms with E-state index in [0.717, 1.165) is 30.0 Å². The van der Waals surface area contributed by atoms with E-state index in [1.165, 1.54) is 0 Å². The third-order valence-electron chi connectivity index (χ3n) is 2.90. The maximum atomic E-state index is 13.3. The largest absolute Gasteiger partial charge is 0.349 e. The second-order valence-corrected chi connectivity index (χ2v) is 5.55. The van der Waals surface area contributed by atoms with Crippen molar-refractivity contribution in [3.05, 3.63) is 39.7 Å². The molecule has 20 heavy (non-hydrogen) atoms. The first-order chi connectivity index (χ1) is 9.35. The Morgan fingerprint density at radius 1 is 1.45 bits per heavy atom. The van der Waals surface area contributed by atoms with Crippen molar-refractivity contribution in [3.8, 4) is 0 Å². The molecule has 1 amide bonds. The number of hydrogen-bond donors (Lipinski definition) is 1. The summed E-state index contributed by atoms with van der Waals surface area (Å²) in [4.78, 5) is 22.0. The molecule has 1 atom stereocenters. The average molecular weight is 347 g/mol.